The van der Waals surface area contributed by atoms with Gasteiger partial charge in [0, 0.05) is 0 Å². The van der Waals surface area contributed by atoms with E-state index in [1.54, 1.807) is 0 Å². The van der Waals surface area contributed by atoms with Crippen LogP contribution in [0.25, 0.3) is 0 Å². The number of likely N-dealkylation sites (N-methyl/N-ethyl adjacent to an activating group) is 1. The van der Waals surface area contributed by atoms with Crippen LogP contribution < -0.4 is 22.3 Å². The highest BCUT2D eigenvalue weighted by Gasteiger charge is 1.76. The zero-order valence-corrected chi connectivity index (χ0v) is 6.11. The SMILES string of the molecule is CC[NH2+]CCO.[Br-]. The number of quaternary nitrogens is 1. The van der Waals surface area contributed by atoms with E-state index in [1.165, 1.54) is 0 Å². The predicted octanol–water partition coefficient (Wildman–Crippen LogP) is -4.43. The van der Waals surface area contributed by atoms with Crippen molar-refractivity contribution >= 4 is 0 Å². The molecule has 0 heterocycles. The molecule has 0 rings (SSSR count). The third-order valence-corrected chi connectivity index (χ3v) is 0.622. The van der Waals surface area contributed by atoms with Crippen LogP contribution in [0.3, 0.4) is 0 Å². The van der Waals surface area contributed by atoms with Gasteiger partial charge in [-0.05, 0) is 6.92 Å². The zero-order chi connectivity index (χ0) is 4.83. The molecule has 2 nitrogen and oxygen atoms in total. The van der Waals surface area contributed by atoms with Crippen LogP contribution in [0.1, 0.15) is 6.92 Å². The van der Waals surface area contributed by atoms with Crippen molar-refractivity contribution in [1.82, 2.24) is 0 Å². The third kappa shape index (κ3) is 10.7. The van der Waals surface area contributed by atoms with Gasteiger partial charge < -0.3 is 27.4 Å². The van der Waals surface area contributed by atoms with Gasteiger partial charge in [0.2, 0.25) is 0 Å². The average molecular weight is 170 g/mol. The van der Waals surface area contributed by atoms with Gasteiger partial charge in [0.25, 0.3) is 0 Å². The summed E-state index contributed by atoms with van der Waals surface area (Å²) in [4.78, 5) is 0. The van der Waals surface area contributed by atoms with Gasteiger partial charge in [-0.1, -0.05) is 0 Å². The molecule has 0 radical (unpaired) electrons. The smallest absolute Gasteiger partial charge is 0.0990 e. The van der Waals surface area contributed by atoms with Crippen LogP contribution in [-0.4, -0.2) is 24.8 Å². The normalized spacial score (nSPS) is 7.71. The Kier molecular flexibility index (Phi) is 14.3. The minimum absolute atomic E-state index is 0. The van der Waals surface area contributed by atoms with Crippen LogP contribution in [0.15, 0.2) is 0 Å². The number of hydrogen-bond acceptors (Lipinski definition) is 1. The lowest BCUT2D eigenvalue weighted by Gasteiger charge is -1.88. The van der Waals surface area contributed by atoms with Crippen molar-refractivity contribution < 1.29 is 27.4 Å². The Morgan fingerprint density at radius 2 is 2.14 bits per heavy atom. The van der Waals surface area contributed by atoms with Crippen LogP contribution in [0.5, 0.6) is 0 Å². The lowest BCUT2D eigenvalue weighted by molar-refractivity contribution is -0.652. The fraction of sp³-hybridized carbons (Fsp3) is 1.00. The first kappa shape index (κ1) is 10.4. The van der Waals surface area contributed by atoms with Gasteiger partial charge >= 0.3 is 0 Å². The maximum Gasteiger partial charge on any atom is 0.0990 e. The van der Waals surface area contributed by atoms with Gasteiger partial charge in [-0.15, -0.1) is 0 Å². The second-order valence-electron chi connectivity index (χ2n) is 1.21. The first-order valence-electron chi connectivity index (χ1n) is 2.34. The van der Waals surface area contributed by atoms with E-state index in [9.17, 15) is 0 Å². The van der Waals surface area contributed by atoms with E-state index < -0.39 is 0 Å². The minimum Gasteiger partial charge on any atom is -1.00 e. The summed E-state index contributed by atoms with van der Waals surface area (Å²) < 4.78 is 0. The molecule has 0 atom stereocenters. The highest BCUT2D eigenvalue weighted by Crippen LogP contribution is 1.36. The summed E-state index contributed by atoms with van der Waals surface area (Å²) in [6, 6.07) is 0. The lowest BCUT2D eigenvalue weighted by atomic mass is 10.6. The molecule has 0 aliphatic heterocycles. The quantitative estimate of drug-likeness (QED) is 0.412. The Bertz CT molecular complexity index is 23.7. The van der Waals surface area contributed by atoms with E-state index in [0.29, 0.717) is 6.61 Å². The van der Waals surface area contributed by atoms with E-state index in [2.05, 4.69) is 12.2 Å². The Balaban J connectivity index is 0. The molecule has 0 saturated carbocycles. The van der Waals surface area contributed by atoms with Gasteiger partial charge in [0.05, 0.1) is 19.7 Å². The van der Waals surface area contributed by atoms with Crippen LogP contribution in [0.4, 0.5) is 0 Å². The van der Waals surface area contributed by atoms with E-state index in [1.807, 2.05) is 0 Å². The molecule has 0 aliphatic carbocycles. The number of nitrogens with two attached hydrogens (primary N) is 1. The fourth-order valence-electron chi connectivity index (χ4n) is 0.295. The number of rotatable bonds is 3. The van der Waals surface area contributed by atoms with E-state index in [4.69, 9.17) is 5.11 Å². The molecule has 3 heteroatoms. The molecule has 3 N–H and O–H groups in total. The van der Waals surface area contributed by atoms with Crippen molar-refractivity contribution in [2.24, 2.45) is 0 Å². The minimum atomic E-state index is 0. The molecule has 0 aromatic carbocycles. The zero-order valence-electron chi connectivity index (χ0n) is 4.52. The number of hydrogen-bond donors (Lipinski definition) is 2. The maximum absolute atomic E-state index is 8.17. The van der Waals surface area contributed by atoms with Gasteiger partial charge in [-0.3, -0.25) is 0 Å². The van der Waals surface area contributed by atoms with Crippen molar-refractivity contribution in [3.63, 3.8) is 0 Å². The molecule has 0 fully saturated rings. The third-order valence-electron chi connectivity index (χ3n) is 0.622. The molecule has 0 bridgehead atoms. The van der Waals surface area contributed by atoms with Gasteiger partial charge in [-0.2, -0.15) is 0 Å². The highest BCUT2D eigenvalue weighted by atomic mass is 79.9. The number of aliphatic hydroxyl groups is 1. The molecule has 0 aromatic heterocycles. The summed E-state index contributed by atoms with van der Waals surface area (Å²) in [6.07, 6.45) is 0. The summed E-state index contributed by atoms with van der Waals surface area (Å²) in [7, 11) is 0. The first-order chi connectivity index (χ1) is 2.91. The standard InChI is InChI=1S/C4H11NO.BrH/c1-2-5-3-4-6;/h5-6H,2-4H2,1H3;1H. The molecule has 0 aromatic rings. The van der Waals surface area contributed by atoms with Crippen molar-refractivity contribution in [3.8, 4) is 0 Å². The molecular formula is C4H12BrNO. The maximum atomic E-state index is 8.17. The molecule has 0 amide bonds. The summed E-state index contributed by atoms with van der Waals surface area (Å²) in [5.74, 6) is 0. The fourth-order valence-corrected chi connectivity index (χ4v) is 0.295. The largest absolute Gasteiger partial charge is 1.00 e. The Labute approximate surface area is 54.7 Å². The highest BCUT2D eigenvalue weighted by molar-refractivity contribution is 4.09. The van der Waals surface area contributed by atoms with E-state index >= 15 is 0 Å². The molecule has 0 saturated heterocycles. The van der Waals surface area contributed by atoms with E-state index in [-0.39, 0.29) is 17.0 Å². The number of aliphatic hydroxyl groups excluding tert-OH is 1. The van der Waals surface area contributed by atoms with Crippen LogP contribution in [0.2, 0.25) is 0 Å². The summed E-state index contributed by atoms with van der Waals surface area (Å²) in [6.45, 7) is 4.28. The Morgan fingerprint density at radius 1 is 1.57 bits per heavy atom. The van der Waals surface area contributed by atoms with Crippen molar-refractivity contribution in [2.75, 3.05) is 19.7 Å². The van der Waals surface area contributed by atoms with Crippen molar-refractivity contribution in [1.29, 1.82) is 0 Å². The Morgan fingerprint density at radius 3 is 2.29 bits per heavy atom. The van der Waals surface area contributed by atoms with Crippen LogP contribution in [0, 0.1) is 0 Å². The molecular weight excluding hydrogens is 158 g/mol. The molecule has 0 aliphatic rings. The monoisotopic (exact) mass is 169 g/mol. The molecule has 7 heavy (non-hydrogen) atoms. The van der Waals surface area contributed by atoms with Gasteiger partial charge in [0.15, 0.2) is 0 Å². The number of halogens is 1. The summed E-state index contributed by atoms with van der Waals surface area (Å²) in [5, 5.41) is 10.2. The van der Waals surface area contributed by atoms with Crippen LogP contribution >= 0.6 is 0 Å². The predicted molar refractivity (Wildman–Crippen MR) is 24.4 cm³/mol. The topological polar surface area (TPSA) is 36.8 Å². The van der Waals surface area contributed by atoms with E-state index in [0.717, 1.165) is 13.1 Å². The molecule has 46 valence electrons. The van der Waals surface area contributed by atoms with Gasteiger partial charge in [-0.25, -0.2) is 0 Å². The molecule has 0 unspecified atom stereocenters. The second-order valence-corrected chi connectivity index (χ2v) is 1.21. The van der Waals surface area contributed by atoms with Crippen molar-refractivity contribution in [2.45, 2.75) is 6.92 Å². The van der Waals surface area contributed by atoms with Gasteiger partial charge in [0.1, 0.15) is 0 Å². The van der Waals surface area contributed by atoms with Crippen LogP contribution in [-0.2, 0) is 0 Å². The second kappa shape index (κ2) is 9.64. The lowest BCUT2D eigenvalue weighted by Crippen LogP contribution is -3.00. The summed E-state index contributed by atoms with van der Waals surface area (Å²) in [5.41, 5.74) is 0. The summed E-state index contributed by atoms with van der Waals surface area (Å²) >= 11 is 0. The van der Waals surface area contributed by atoms with Crippen molar-refractivity contribution in [3.05, 3.63) is 0 Å². The first-order valence-corrected chi connectivity index (χ1v) is 2.34. The average Bonchev–Trinajstić information content (AvgIpc) is 1.61. The Hall–Kier alpha value is 0.400. The molecule has 0 spiro atoms.